The van der Waals surface area contributed by atoms with Crippen LogP contribution in [0.1, 0.15) is 11.1 Å². The largest absolute Gasteiger partial charge is 0.501 e. The van der Waals surface area contributed by atoms with Crippen LogP contribution in [0.25, 0.3) is 0 Å². The van der Waals surface area contributed by atoms with Crippen LogP contribution in [0.4, 0.5) is 11.4 Å². The number of hydrogen-bond donors (Lipinski definition) is 2. The van der Waals surface area contributed by atoms with Crippen LogP contribution in [0.15, 0.2) is 24.3 Å². The Balaban J connectivity index is 2.36. The molecule has 0 aliphatic rings. The number of phenols is 2. The van der Waals surface area contributed by atoms with Crippen molar-refractivity contribution in [3.8, 4) is 11.5 Å². The summed E-state index contributed by atoms with van der Waals surface area (Å²) in [6.07, 6.45) is 0. The van der Waals surface area contributed by atoms with E-state index in [1.54, 1.807) is 45.2 Å². The first kappa shape index (κ1) is 21.5. The van der Waals surface area contributed by atoms with Crippen LogP contribution in [0.2, 0.25) is 0 Å². The number of rotatable bonds is 6. The van der Waals surface area contributed by atoms with Crippen LogP contribution in [0.3, 0.4) is 0 Å². The second-order valence-corrected chi connectivity index (χ2v) is 9.83. The topological polar surface area (TPSA) is 161 Å². The summed E-state index contributed by atoms with van der Waals surface area (Å²) >= 11 is 3.30. The van der Waals surface area contributed by atoms with Crippen molar-refractivity contribution in [2.45, 2.75) is 11.5 Å². The highest BCUT2D eigenvalue weighted by molar-refractivity contribution is 14.1. The zero-order valence-corrected chi connectivity index (χ0v) is 18.3. The van der Waals surface area contributed by atoms with Gasteiger partial charge in [0.05, 0.1) is 28.5 Å². The number of phenolic OH excluding ortho intramolecular Hbond substituents is 2. The average molecular weight is 620 g/mol. The average Bonchev–Trinajstić information content (AvgIpc) is 2.52. The highest BCUT2D eigenvalue weighted by Crippen LogP contribution is 2.34. The van der Waals surface area contributed by atoms with Gasteiger partial charge in [-0.25, -0.2) is 8.42 Å². The van der Waals surface area contributed by atoms with Crippen LogP contribution >= 0.6 is 45.2 Å². The molecule has 0 aliphatic heterocycles. The molecule has 144 valence electrons. The summed E-state index contributed by atoms with van der Waals surface area (Å²) in [6, 6.07) is 4.56. The fourth-order valence-corrected chi connectivity index (χ4v) is 5.09. The van der Waals surface area contributed by atoms with E-state index >= 15 is 0 Å². The summed E-state index contributed by atoms with van der Waals surface area (Å²) in [7, 11) is -3.85. The van der Waals surface area contributed by atoms with Crippen molar-refractivity contribution >= 4 is 66.4 Å². The number of hydrogen-bond acceptors (Lipinski definition) is 8. The third-order valence-electron chi connectivity index (χ3n) is 3.37. The van der Waals surface area contributed by atoms with E-state index in [4.69, 9.17) is 0 Å². The Morgan fingerprint density at radius 1 is 0.815 bits per heavy atom. The first-order chi connectivity index (χ1) is 12.4. The van der Waals surface area contributed by atoms with E-state index in [1.165, 1.54) is 12.1 Å². The zero-order chi connectivity index (χ0) is 20.5. The Kier molecular flexibility index (Phi) is 6.46. The number of nitro groups is 2. The molecule has 0 amide bonds. The predicted molar refractivity (Wildman–Crippen MR) is 111 cm³/mol. The van der Waals surface area contributed by atoms with E-state index in [9.17, 15) is 38.9 Å². The van der Waals surface area contributed by atoms with Crippen LogP contribution in [-0.2, 0) is 21.3 Å². The molecule has 0 heterocycles. The standard InChI is InChI=1S/C14H10I2N2O8S/c15-9-1-7(3-11(13(9)19)17(21)22)5-27(25,26)6-8-2-10(16)14(20)12(4-8)18(23)24/h1-4,19-20H,5-6H2. The molecule has 0 atom stereocenters. The summed E-state index contributed by atoms with van der Waals surface area (Å²) in [6.45, 7) is 0. The summed E-state index contributed by atoms with van der Waals surface area (Å²) in [5.41, 5.74) is -1.01. The van der Waals surface area contributed by atoms with Crippen molar-refractivity contribution in [2.75, 3.05) is 0 Å². The molecule has 0 radical (unpaired) electrons. The molecular weight excluding hydrogens is 610 g/mol. The van der Waals surface area contributed by atoms with Gasteiger partial charge in [0.1, 0.15) is 0 Å². The molecule has 0 aliphatic carbocycles. The number of nitrogens with zero attached hydrogens (tertiary/aromatic N) is 2. The number of benzene rings is 2. The summed E-state index contributed by atoms with van der Waals surface area (Å²) in [5.74, 6) is -2.22. The number of aromatic hydroxyl groups is 2. The van der Waals surface area contributed by atoms with Crippen molar-refractivity contribution in [1.82, 2.24) is 0 Å². The van der Waals surface area contributed by atoms with E-state index in [0.717, 1.165) is 12.1 Å². The maximum absolute atomic E-state index is 12.5. The van der Waals surface area contributed by atoms with Crippen molar-refractivity contribution < 1.29 is 28.5 Å². The van der Waals surface area contributed by atoms with E-state index < -0.39 is 54.1 Å². The number of nitro benzene ring substituents is 2. The normalized spacial score (nSPS) is 11.3. The van der Waals surface area contributed by atoms with Gasteiger partial charge in [0.2, 0.25) is 11.5 Å². The van der Waals surface area contributed by atoms with Gasteiger partial charge in [-0.05, 0) is 68.4 Å². The second kappa shape index (κ2) is 8.09. The lowest BCUT2D eigenvalue weighted by molar-refractivity contribution is -0.386. The van der Waals surface area contributed by atoms with Gasteiger partial charge in [-0.1, -0.05) is 0 Å². The molecule has 0 bridgehead atoms. The fourth-order valence-electron chi connectivity index (χ4n) is 2.28. The first-order valence-corrected chi connectivity index (χ1v) is 10.9. The van der Waals surface area contributed by atoms with Gasteiger partial charge < -0.3 is 10.2 Å². The molecule has 0 fully saturated rings. The Bertz CT molecular complexity index is 978. The fraction of sp³-hybridized carbons (Fsp3) is 0.143. The van der Waals surface area contributed by atoms with Gasteiger partial charge in [0.25, 0.3) is 0 Å². The minimum Gasteiger partial charge on any atom is -0.501 e. The molecule has 2 aromatic rings. The molecule has 13 heteroatoms. The monoisotopic (exact) mass is 620 g/mol. The molecule has 0 saturated heterocycles. The van der Waals surface area contributed by atoms with E-state index in [0.29, 0.717) is 0 Å². The summed E-state index contributed by atoms with van der Waals surface area (Å²) in [5, 5.41) is 41.3. The van der Waals surface area contributed by atoms with E-state index in [1.807, 2.05) is 0 Å². The van der Waals surface area contributed by atoms with Crippen LogP contribution in [-0.4, -0.2) is 28.5 Å². The van der Waals surface area contributed by atoms with Gasteiger partial charge in [0, 0.05) is 12.1 Å². The van der Waals surface area contributed by atoms with Crippen LogP contribution in [0.5, 0.6) is 11.5 Å². The van der Waals surface area contributed by atoms with Gasteiger partial charge in [-0.3, -0.25) is 20.2 Å². The minimum absolute atomic E-state index is 0.104. The third-order valence-corrected chi connectivity index (χ3v) is 6.56. The lowest BCUT2D eigenvalue weighted by atomic mass is 10.2. The van der Waals surface area contributed by atoms with Gasteiger partial charge in [-0.2, -0.15) is 0 Å². The Morgan fingerprint density at radius 3 is 1.44 bits per heavy atom. The highest BCUT2D eigenvalue weighted by atomic mass is 127. The van der Waals surface area contributed by atoms with Crippen molar-refractivity contribution in [3.63, 3.8) is 0 Å². The Labute approximate surface area is 179 Å². The van der Waals surface area contributed by atoms with Crippen LogP contribution in [0, 0.1) is 27.4 Å². The minimum atomic E-state index is -3.85. The SMILES string of the molecule is O=[N+]([O-])c1cc(CS(=O)(=O)Cc2cc(I)c(O)c([N+](=O)[O-])c2)cc(I)c1O. The Hall–Kier alpha value is -1.75. The molecular formula is C14H10I2N2O8S. The van der Waals surface area contributed by atoms with Crippen LogP contribution < -0.4 is 0 Å². The second-order valence-electron chi connectivity index (χ2n) is 5.44. The summed E-state index contributed by atoms with van der Waals surface area (Å²) < 4.78 is 25.2. The molecule has 27 heavy (non-hydrogen) atoms. The maximum Gasteiger partial charge on any atom is 0.312 e. The molecule has 0 unspecified atom stereocenters. The van der Waals surface area contributed by atoms with Crippen molar-refractivity contribution in [2.24, 2.45) is 0 Å². The molecule has 2 N–H and O–H groups in total. The number of halogens is 2. The first-order valence-electron chi connectivity index (χ1n) is 6.93. The van der Waals surface area contributed by atoms with Gasteiger partial charge in [0.15, 0.2) is 9.84 Å². The predicted octanol–water partition coefficient (Wildman–Crippen LogP) is 3.24. The molecule has 10 nitrogen and oxygen atoms in total. The zero-order valence-electron chi connectivity index (χ0n) is 13.1. The van der Waals surface area contributed by atoms with Gasteiger partial charge >= 0.3 is 11.4 Å². The van der Waals surface area contributed by atoms with Crippen molar-refractivity contribution in [1.29, 1.82) is 0 Å². The quantitative estimate of drug-likeness (QED) is 0.283. The molecule has 2 rings (SSSR count). The molecule has 2 aromatic carbocycles. The summed E-state index contributed by atoms with van der Waals surface area (Å²) in [4.78, 5) is 20.3. The van der Waals surface area contributed by atoms with Crippen molar-refractivity contribution in [3.05, 3.63) is 62.8 Å². The Morgan fingerprint density at radius 2 is 1.15 bits per heavy atom. The lowest BCUT2D eigenvalue weighted by Crippen LogP contribution is -2.09. The van der Waals surface area contributed by atoms with Gasteiger partial charge in [-0.15, -0.1) is 0 Å². The molecule has 0 aromatic heterocycles. The van der Waals surface area contributed by atoms with E-state index in [2.05, 4.69) is 0 Å². The third kappa shape index (κ3) is 5.16. The maximum atomic E-state index is 12.5. The molecule has 0 spiro atoms. The van der Waals surface area contributed by atoms with E-state index in [-0.39, 0.29) is 18.3 Å². The lowest BCUT2D eigenvalue weighted by Gasteiger charge is -2.08. The number of sulfone groups is 1. The highest BCUT2D eigenvalue weighted by Gasteiger charge is 2.23. The smallest absolute Gasteiger partial charge is 0.312 e. The molecule has 0 saturated carbocycles.